The molecule has 0 aliphatic heterocycles. The topological polar surface area (TPSA) is 62.7 Å². The SMILES string of the molecule is CCc1ccc2nc(Nc3cc(Cc4ccccc4)nc(Nc4ccc(C)cc4)n3)sc2c1. The van der Waals surface area contributed by atoms with Gasteiger partial charge in [-0.3, -0.25) is 0 Å². The van der Waals surface area contributed by atoms with Crippen molar-refractivity contribution < 1.29 is 0 Å². The van der Waals surface area contributed by atoms with E-state index in [1.165, 1.54) is 21.4 Å². The molecule has 0 radical (unpaired) electrons. The number of nitrogens with zero attached hydrogens (tertiary/aromatic N) is 3. The number of aromatic nitrogens is 3. The van der Waals surface area contributed by atoms with Crippen molar-refractivity contribution in [3.8, 4) is 0 Å². The summed E-state index contributed by atoms with van der Waals surface area (Å²) in [6.45, 7) is 4.24. The number of aryl methyl sites for hydroxylation is 2. The Balaban J connectivity index is 1.46. The maximum atomic E-state index is 4.77. The Kier molecular flexibility index (Phi) is 6.00. The summed E-state index contributed by atoms with van der Waals surface area (Å²) in [4.78, 5) is 14.2. The predicted octanol–water partition coefficient (Wildman–Crippen LogP) is 7.04. The van der Waals surface area contributed by atoms with E-state index in [0.717, 1.165) is 40.7 Å². The van der Waals surface area contributed by atoms with Gasteiger partial charge in [-0.1, -0.05) is 72.4 Å². The Morgan fingerprint density at radius 2 is 1.61 bits per heavy atom. The van der Waals surface area contributed by atoms with Crippen molar-refractivity contribution in [3.05, 3.63) is 101 Å². The van der Waals surface area contributed by atoms with Gasteiger partial charge in [0.05, 0.1) is 15.9 Å². The van der Waals surface area contributed by atoms with Crippen molar-refractivity contribution in [2.45, 2.75) is 26.7 Å². The first kappa shape index (κ1) is 21.1. The van der Waals surface area contributed by atoms with Gasteiger partial charge < -0.3 is 10.6 Å². The Morgan fingerprint density at radius 3 is 2.39 bits per heavy atom. The fraction of sp³-hybridized carbons (Fsp3) is 0.148. The van der Waals surface area contributed by atoms with Crippen molar-refractivity contribution >= 4 is 44.1 Å². The first-order valence-electron chi connectivity index (χ1n) is 11.1. The summed E-state index contributed by atoms with van der Waals surface area (Å²) in [6, 6.07) is 27.0. The van der Waals surface area contributed by atoms with Crippen LogP contribution in [-0.2, 0) is 12.8 Å². The Morgan fingerprint density at radius 1 is 0.788 bits per heavy atom. The van der Waals surface area contributed by atoms with E-state index in [1.54, 1.807) is 11.3 Å². The number of rotatable bonds is 7. The maximum absolute atomic E-state index is 4.77. The second kappa shape index (κ2) is 9.38. The number of nitrogens with one attached hydrogen (secondary N) is 2. The zero-order valence-electron chi connectivity index (χ0n) is 18.7. The van der Waals surface area contributed by atoms with Crippen LogP contribution >= 0.6 is 11.3 Å². The lowest BCUT2D eigenvalue weighted by atomic mass is 10.1. The molecule has 0 atom stereocenters. The van der Waals surface area contributed by atoms with Crippen LogP contribution in [0.4, 0.5) is 22.6 Å². The van der Waals surface area contributed by atoms with Gasteiger partial charge >= 0.3 is 0 Å². The molecule has 0 unspecified atom stereocenters. The molecule has 2 heterocycles. The van der Waals surface area contributed by atoms with E-state index in [4.69, 9.17) is 15.0 Å². The van der Waals surface area contributed by atoms with E-state index in [-0.39, 0.29) is 0 Å². The smallest absolute Gasteiger partial charge is 0.229 e. The number of benzene rings is 3. The molecule has 0 aliphatic carbocycles. The van der Waals surface area contributed by atoms with Crippen LogP contribution in [0, 0.1) is 6.92 Å². The third-order valence-electron chi connectivity index (χ3n) is 5.41. The molecule has 2 aromatic heterocycles. The highest BCUT2D eigenvalue weighted by atomic mass is 32.1. The maximum Gasteiger partial charge on any atom is 0.229 e. The zero-order valence-corrected chi connectivity index (χ0v) is 19.5. The van der Waals surface area contributed by atoms with E-state index in [9.17, 15) is 0 Å². The average Bonchev–Trinajstić information content (AvgIpc) is 3.22. The first-order valence-corrected chi connectivity index (χ1v) is 11.9. The highest BCUT2D eigenvalue weighted by Gasteiger charge is 2.10. The third-order valence-corrected chi connectivity index (χ3v) is 6.34. The molecule has 3 aromatic carbocycles. The lowest BCUT2D eigenvalue weighted by Gasteiger charge is -2.11. The second-order valence-electron chi connectivity index (χ2n) is 8.02. The van der Waals surface area contributed by atoms with E-state index in [2.05, 4.69) is 66.9 Å². The van der Waals surface area contributed by atoms with Crippen molar-refractivity contribution in [1.82, 2.24) is 15.0 Å². The van der Waals surface area contributed by atoms with Gasteiger partial charge in [0.1, 0.15) is 5.82 Å². The lowest BCUT2D eigenvalue weighted by Crippen LogP contribution is -2.04. The minimum Gasteiger partial charge on any atom is -0.324 e. The quantitative estimate of drug-likeness (QED) is 0.278. The average molecular weight is 452 g/mol. The summed E-state index contributed by atoms with van der Waals surface area (Å²) < 4.78 is 1.17. The highest BCUT2D eigenvalue weighted by Crippen LogP contribution is 2.29. The Labute approximate surface area is 197 Å². The van der Waals surface area contributed by atoms with Gasteiger partial charge in [-0.15, -0.1) is 0 Å². The number of hydrogen-bond acceptors (Lipinski definition) is 6. The molecule has 0 saturated carbocycles. The molecule has 0 spiro atoms. The monoisotopic (exact) mass is 451 g/mol. The van der Waals surface area contributed by atoms with Gasteiger partial charge in [-0.25, -0.2) is 9.97 Å². The summed E-state index contributed by atoms with van der Waals surface area (Å²) in [7, 11) is 0. The van der Waals surface area contributed by atoms with Gasteiger partial charge in [0, 0.05) is 18.2 Å². The molecule has 0 amide bonds. The summed E-state index contributed by atoms with van der Waals surface area (Å²) >= 11 is 1.64. The van der Waals surface area contributed by atoms with E-state index in [1.807, 2.05) is 36.4 Å². The molecule has 0 bridgehead atoms. The Bertz CT molecular complexity index is 1380. The van der Waals surface area contributed by atoms with Crippen molar-refractivity contribution in [2.24, 2.45) is 0 Å². The molecular formula is C27H25N5S. The summed E-state index contributed by atoms with van der Waals surface area (Å²) in [6.07, 6.45) is 1.74. The fourth-order valence-corrected chi connectivity index (χ4v) is 4.57. The van der Waals surface area contributed by atoms with Crippen LogP contribution in [0.1, 0.15) is 29.3 Å². The number of anilines is 4. The molecule has 0 saturated heterocycles. The standard InChI is InChI=1S/C27H25N5S/c1-3-19-11-14-23-24(16-19)33-27(30-23)32-25-17-22(15-20-7-5-4-6-8-20)29-26(31-25)28-21-12-9-18(2)10-13-21/h4-14,16-17H,3,15H2,1-2H3,(H2,28,29,30,31,32). The Hall–Kier alpha value is -3.77. The number of hydrogen-bond donors (Lipinski definition) is 2. The molecule has 5 rings (SSSR count). The van der Waals surface area contributed by atoms with Crippen LogP contribution in [0.5, 0.6) is 0 Å². The van der Waals surface area contributed by atoms with E-state index < -0.39 is 0 Å². The van der Waals surface area contributed by atoms with Crippen LogP contribution in [-0.4, -0.2) is 15.0 Å². The molecule has 0 fully saturated rings. The van der Waals surface area contributed by atoms with Crippen LogP contribution in [0.25, 0.3) is 10.2 Å². The molecule has 0 aliphatic rings. The zero-order chi connectivity index (χ0) is 22.6. The number of fused-ring (bicyclic) bond motifs is 1. The molecule has 164 valence electrons. The molecular weight excluding hydrogens is 426 g/mol. The molecule has 2 N–H and O–H groups in total. The fourth-order valence-electron chi connectivity index (χ4n) is 3.63. The summed E-state index contributed by atoms with van der Waals surface area (Å²) in [5.74, 6) is 1.28. The van der Waals surface area contributed by atoms with Gasteiger partial charge in [-0.2, -0.15) is 4.98 Å². The molecule has 33 heavy (non-hydrogen) atoms. The largest absolute Gasteiger partial charge is 0.324 e. The van der Waals surface area contributed by atoms with Crippen molar-refractivity contribution in [1.29, 1.82) is 0 Å². The van der Waals surface area contributed by atoms with Gasteiger partial charge in [0.25, 0.3) is 0 Å². The van der Waals surface area contributed by atoms with Gasteiger partial charge in [-0.05, 0) is 48.7 Å². The third kappa shape index (κ3) is 5.18. The number of thiazole rings is 1. The minimum atomic E-state index is 0.559. The van der Waals surface area contributed by atoms with E-state index in [0.29, 0.717) is 5.95 Å². The normalized spacial score (nSPS) is 11.0. The van der Waals surface area contributed by atoms with Crippen LogP contribution in [0.3, 0.4) is 0 Å². The van der Waals surface area contributed by atoms with E-state index >= 15 is 0 Å². The van der Waals surface area contributed by atoms with Crippen molar-refractivity contribution in [3.63, 3.8) is 0 Å². The summed E-state index contributed by atoms with van der Waals surface area (Å²) in [5, 5.41) is 7.58. The molecule has 6 heteroatoms. The highest BCUT2D eigenvalue weighted by molar-refractivity contribution is 7.22. The van der Waals surface area contributed by atoms with Gasteiger partial charge in [0.2, 0.25) is 5.95 Å². The predicted molar refractivity (Wildman–Crippen MR) is 138 cm³/mol. The lowest BCUT2D eigenvalue weighted by molar-refractivity contribution is 1.03. The van der Waals surface area contributed by atoms with Crippen LogP contribution in [0.15, 0.2) is 78.9 Å². The second-order valence-corrected chi connectivity index (χ2v) is 9.05. The minimum absolute atomic E-state index is 0.559. The van der Waals surface area contributed by atoms with Crippen LogP contribution in [0.2, 0.25) is 0 Å². The van der Waals surface area contributed by atoms with Crippen molar-refractivity contribution in [2.75, 3.05) is 10.6 Å². The van der Waals surface area contributed by atoms with Gasteiger partial charge in [0.15, 0.2) is 5.13 Å². The van der Waals surface area contributed by atoms with Crippen LogP contribution < -0.4 is 10.6 Å². The first-order chi connectivity index (χ1) is 16.1. The summed E-state index contributed by atoms with van der Waals surface area (Å²) in [5.41, 5.74) is 6.61. The molecule has 5 aromatic rings. The molecule has 5 nitrogen and oxygen atoms in total.